The first-order chi connectivity index (χ1) is 9.11. The first kappa shape index (κ1) is 13.4. The Labute approximate surface area is 120 Å². The number of nitrogens with zero attached hydrogens (tertiary/aromatic N) is 2. The SMILES string of the molecule is CN(C)c1oc(/C=C(/C#N)c2ccccc2)cc1Br. The quantitative estimate of drug-likeness (QED) is 0.798. The van der Waals surface area contributed by atoms with Gasteiger partial charge in [0.1, 0.15) is 5.76 Å². The van der Waals surface area contributed by atoms with Crippen molar-refractivity contribution >= 4 is 33.5 Å². The van der Waals surface area contributed by atoms with Crippen molar-refractivity contribution in [2.75, 3.05) is 19.0 Å². The van der Waals surface area contributed by atoms with E-state index in [0.29, 0.717) is 11.3 Å². The number of rotatable bonds is 3. The van der Waals surface area contributed by atoms with Crippen molar-refractivity contribution in [2.45, 2.75) is 0 Å². The number of hydrogen-bond donors (Lipinski definition) is 0. The Morgan fingerprint density at radius 1 is 1.32 bits per heavy atom. The van der Waals surface area contributed by atoms with E-state index in [4.69, 9.17) is 4.42 Å². The summed E-state index contributed by atoms with van der Waals surface area (Å²) in [5.41, 5.74) is 1.45. The third kappa shape index (κ3) is 3.07. The summed E-state index contributed by atoms with van der Waals surface area (Å²) in [5, 5.41) is 9.24. The Hall–Kier alpha value is -1.99. The Balaban J connectivity index is 2.40. The van der Waals surface area contributed by atoms with Gasteiger partial charge in [-0.15, -0.1) is 0 Å². The number of allylic oxidation sites excluding steroid dienone is 1. The molecule has 0 aliphatic rings. The minimum Gasteiger partial charge on any atom is -0.440 e. The third-order valence-corrected chi connectivity index (χ3v) is 3.15. The van der Waals surface area contributed by atoms with E-state index >= 15 is 0 Å². The van der Waals surface area contributed by atoms with Crippen molar-refractivity contribution in [3.63, 3.8) is 0 Å². The number of nitriles is 1. The zero-order valence-corrected chi connectivity index (χ0v) is 12.3. The van der Waals surface area contributed by atoms with Crippen molar-refractivity contribution in [3.05, 3.63) is 52.2 Å². The summed E-state index contributed by atoms with van der Waals surface area (Å²) in [6, 6.07) is 13.6. The van der Waals surface area contributed by atoms with E-state index in [2.05, 4.69) is 22.0 Å². The first-order valence-electron chi connectivity index (χ1n) is 5.75. The number of benzene rings is 1. The molecule has 0 amide bonds. The topological polar surface area (TPSA) is 40.2 Å². The molecule has 0 saturated carbocycles. The molecule has 0 aliphatic heterocycles. The van der Waals surface area contributed by atoms with Gasteiger partial charge in [0, 0.05) is 20.2 Å². The van der Waals surface area contributed by atoms with Crippen molar-refractivity contribution in [1.29, 1.82) is 5.26 Å². The molecule has 0 N–H and O–H groups in total. The summed E-state index contributed by atoms with van der Waals surface area (Å²) >= 11 is 3.44. The molecule has 0 fully saturated rings. The van der Waals surface area contributed by atoms with Crippen LogP contribution in [-0.4, -0.2) is 14.1 Å². The number of furan rings is 1. The van der Waals surface area contributed by atoms with Crippen LogP contribution in [0.4, 0.5) is 5.88 Å². The average Bonchev–Trinajstić information content (AvgIpc) is 2.78. The van der Waals surface area contributed by atoms with Crippen LogP contribution in [0.25, 0.3) is 11.6 Å². The zero-order valence-electron chi connectivity index (χ0n) is 10.7. The lowest BCUT2D eigenvalue weighted by Gasteiger charge is -2.07. The van der Waals surface area contributed by atoms with Crippen molar-refractivity contribution in [2.24, 2.45) is 0 Å². The Bertz CT molecular complexity index is 636. The van der Waals surface area contributed by atoms with Gasteiger partial charge in [-0.3, -0.25) is 0 Å². The van der Waals surface area contributed by atoms with Gasteiger partial charge in [-0.1, -0.05) is 30.3 Å². The average molecular weight is 317 g/mol. The first-order valence-corrected chi connectivity index (χ1v) is 6.55. The Morgan fingerprint density at radius 3 is 2.53 bits per heavy atom. The van der Waals surface area contributed by atoms with Crippen molar-refractivity contribution in [3.8, 4) is 6.07 Å². The van der Waals surface area contributed by atoms with Crippen molar-refractivity contribution in [1.82, 2.24) is 0 Å². The van der Waals surface area contributed by atoms with E-state index in [1.807, 2.05) is 55.4 Å². The maximum atomic E-state index is 9.24. The smallest absolute Gasteiger partial charge is 0.209 e. The molecule has 2 rings (SSSR count). The molecule has 19 heavy (non-hydrogen) atoms. The zero-order chi connectivity index (χ0) is 13.8. The highest BCUT2D eigenvalue weighted by Crippen LogP contribution is 2.30. The predicted octanol–water partition coefficient (Wildman–Crippen LogP) is 4.17. The second-order valence-corrected chi connectivity index (χ2v) is 5.09. The van der Waals surface area contributed by atoms with Gasteiger partial charge in [0.15, 0.2) is 0 Å². The molecule has 96 valence electrons. The Morgan fingerprint density at radius 2 is 2.00 bits per heavy atom. The molecule has 1 heterocycles. The molecule has 2 aromatic rings. The van der Waals surface area contributed by atoms with Gasteiger partial charge >= 0.3 is 0 Å². The summed E-state index contributed by atoms with van der Waals surface area (Å²) < 4.78 is 6.55. The van der Waals surface area contributed by atoms with Crippen LogP contribution in [0.1, 0.15) is 11.3 Å². The molecule has 0 saturated heterocycles. The fourth-order valence-corrected chi connectivity index (χ4v) is 2.35. The van der Waals surface area contributed by atoms with E-state index in [0.717, 1.165) is 15.9 Å². The summed E-state index contributed by atoms with van der Waals surface area (Å²) in [6.45, 7) is 0. The van der Waals surface area contributed by atoms with E-state index in [1.165, 1.54) is 0 Å². The van der Waals surface area contributed by atoms with Crippen LogP contribution in [0, 0.1) is 11.3 Å². The highest BCUT2D eigenvalue weighted by Gasteiger charge is 2.10. The monoisotopic (exact) mass is 316 g/mol. The highest BCUT2D eigenvalue weighted by molar-refractivity contribution is 9.10. The number of hydrogen-bond acceptors (Lipinski definition) is 3. The maximum Gasteiger partial charge on any atom is 0.209 e. The van der Waals surface area contributed by atoms with Crippen LogP contribution in [0.5, 0.6) is 0 Å². The van der Waals surface area contributed by atoms with Crippen LogP contribution >= 0.6 is 15.9 Å². The van der Waals surface area contributed by atoms with Gasteiger partial charge in [-0.05, 0) is 27.6 Å². The summed E-state index contributed by atoms with van der Waals surface area (Å²) in [6.07, 6.45) is 1.74. The summed E-state index contributed by atoms with van der Waals surface area (Å²) in [5.74, 6) is 1.38. The third-order valence-electron chi connectivity index (χ3n) is 2.59. The largest absolute Gasteiger partial charge is 0.440 e. The van der Waals surface area contributed by atoms with Gasteiger partial charge in [-0.2, -0.15) is 5.26 Å². The van der Waals surface area contributed by atoms with Gasteiger partial charge in [0.05, 0.1) is 16.1 Å². The number of anilines is 1. The number of halogens is 1. The molecule has 4 heteroatoms. The van der Waals surface area contributed by atoms with Crippen LogP contribution < -0.4 is 4.90 Å². The fourth-order valence-electron chi connectivity index (χ4n) is 1.69. The highest BCUT2D eigenvalue weighted by atomic mass is 79.9. The van der Waals surface area contributed by atoms with Gasteiger partial charge in [-0.25, -0.2) is 0 Å². The van der Waals surface area contributed by atoms with Crippen LogP contribution in [0.15, 0.2) is 45.3 Å². The standard InChI is InChI=1S/C15H13BrN2O/c1-18(2)15-14(16)9-13(19-15)8-12(10-17)11-6-4-3-5-7-11/h3-9H,1-2H3/b12-8-. The molecule has 0 bridgehead atoms. The van der Waals surface area contributed by atoms with Crippen molar-refractivity contribution < 1.29 is 4.42 Å². The van der Waals surface area contributed by atoms with Gasteiger partial charge < -0.3 is 9.32 Å². The van der Waals surface area contributed by atoms with Crippen LogP contribution in [0.2, 0.25) is 0 Å². The molecule has 0 spiro atoms. The van der Waals surface area contributed by atoms with Crippen LogP contribution in [0.3, 0.4) is 0 Å². The Kier molecular flexibility index (Phi) is 4.08. The van der Waals surface area contributed by atoms with E-state index < -0.39 is 0 Å². The molecule has 0 aliphatic carbocycles. The molecule has 3 nitrogen and oxygen atoms in total. The molecule has 1 aromatic heterocycles. The van der Waals surface area contributed by atoms with Gasteiger partial charge in [0.25, 0.3) is 0 Å². The lowest BCUT2D eigenvalue weighted by atomic mass is 10.1. The molecule has 0 radical (unpaired) electrons. The van der Waals surface area contributed by atoms with E-state index in [-0.39, 0.29) is 0 Å². The van der Waals surface area contributed by atoms with Crippen LogP contribution in [-0.2, 0) is 0 Å². The molecule has 0 unspecified atom stereocenters. The normalized spacial score (nSPS) is 11.2. The molecular formula is C15H13BrN2O. The predicted molar refractivity (Wildman–Crippen MR) is 80.7 cm³/mol. The van der Waals surface area contributed by atoms with Gasteiger partial charge in [0.2, 0.25) is 5.88 Å². The molecule has 1 aromatic carbocycles. The fraction of sp³-hybridized carbons (Fsp3) is 0.133. The lowest BCUT2D eigenvalue weighted by molar-refractivity contribution is 0.554. The van der Waals surface area contributed by atoms with E-state index in [1.54, 1.807) is 6.08 Å². The maximum absolute atomic E-state index is 9.24. The lowest BCUT2D eigenvalue weighted by Crippen LogP contribution is -2.07. The minimum absolute atomic E-state index is 0.576. The second kappa shape index (κ2) is 5.77. The minimum atomic E-state index is 0.576. The summed E-state index contributed by atoms with van der Waals surface area (Å²) in [7, 11) is 3.80. The van der Waals surface area contributed by atoms with E-state index in [9.17, 15) is 5.26 Å². The molecular weight excluding hydrogens is 304 g/mol. The summed E-state index contributed by atoms with van der Waals surface area (Å²) in [4.78, 5) is 1.87. The molecule has 0 atom stereocenters. The second-order valence-electron chi connectivity index (χ2n) is 4.23.